The molecule has 0 unspecified atom stereocenters. The number of carbonyl (C=O) groups excluding carboxylic acids is 1. The number of hydrogen-bond acceptors (Lipinski definition) is 4. The van der Waals surface area contributed by atoms with Gasteiger partial charge in [-0.3, -0.25) is 4.79 Å². The topological polar surface area (TPSA) is 84.6 Å². The Hall–Kier alpha value is -1.75. The highest BCUT2D eigenvalue weighted by atomic mass is 16.5. The molecule has 1 aromatic rings. The van der Waals surface area contributed by atoms with Crippen LogP contribution in [0, 0.1) is 0 Å². The largest absolute Gasteiger partial charge is 0.504 e. The van der Waals surface area contributed by atoms with Crippen LogP contribution in [0.25, 0.3) is 0 Å². The predicted octanol–water partition coefficient (Wildman–Crippen LogP) is 0.620. The number of ether oxygens (including phenoxy) is 1. The minimum atomic E-state index is -0.195. The van der Waals surface area contributed by atoms with Gasteiger partial charge in [0, 0.05) is 17.6 Å². The second-order valence-corrected chi connectivity index (χ2v) is 4.29. The van der Waals surface area contributed by atoms with Gasteiger partial charge in [-0.15, -0.1) is 0 Å². The molecular weight excluding hydrogens is 220 g/mol. The molecule has 0 radical (unpaired) electrons. The van der Waals surface area contributed by atoms with Gasteiger partial charge in [-0.2, -0.15) is 0 Å². The molecule has 5 nitrogen and oxygen atoms in total. The second-order valence-electron chi connectivity index (χ2n) is 4.29. The van der Waals surface area contributed by atoms with Crippen LogP contribution in [-0.4, -0.2) is 30.2 Å². The van der Waals surface area contributed by atoms with Crippen LogP contribution in [0.1, 0.15) is 23.2 Å². The van der Waals surface area contributed by atoms with Crippen molar-refractivity contribution in [3.8, 4) is 11.5 Å². The number of phenols is 1. The zero-order valence-electron chi connectivity index (χ0n) is 9.64. The number of benzene rings is 1. The van der Waals surface area contributed by atoms with Gasteiger partial charge in [0.25, 0.3) is 5.91 Å². The maximum Gasteiger partial charge on any atom is 0.251 e. The van der Waals surface area contributed by atoms with Crippen molar-refractivity contribution in [1.82, 2.24) is 5.32 Å². The van der Waals surface area contributed by atoms with E-state index >= 15 is 0 Å². The Labute approximate surface area is 99.6 Å². The Morgan fingerprint density at radius 3 is 2.76 bits per heavy atom. The fourth-order valence-electron chi connectivity index (χ4n) is 1.88. The minimum Gasteiger partial charge on any atom is -0.504 e. The van der Waals surface area contributed by atoms with Crippen LogP contribution in [0.5, 0.6) is 11.5 Å². The number of nitrogens with two attached hydrogens (primary N) is 1. The van der Waals surface area contributed by atoms with Gasteiger partial charge in [-0.25, -0.2) is 0 Å². The molecule has 1 aliphatic carbocycles. The van der Waals surface area contributed by atoms with Gasteiger partial charge >= 0.3 is 0 Å². The molecule has 0 aromatic heterocycles. The first-order chi connectivity index (χ1) is 8.10. The summed E-state index contributed by atoms with van der Waals surface area (Å²) >= 11 is 0. The average Bonchev–Trinajstić information content (AvgIpc) is 2.26. The number of methoxy groups -OCH3 is 1. The SMILES string of the molecule is COc1ccc(C(=O)NC2CC(N)C2)cc1O. The molecule has 0 saturated heterocycles. The first-order valence-corrected chi connectivity index (χ1v) is 5.53. The molecule has 5 heteroatoms. The monoisotopic (exact) mass is 236 g/mol. The lowest BCUT2D eigenvalue weighted by Gasteiger charge is -2.32. The van der Waals surface area contributed by atoms with Gasteiger partial charge in [-0.1, -0.05) is 0 Å². The smallest absolute Gasteiger partial charge is 0.251 e. The number of aromatic hydroxyl groups is 1. The maximum atomic E-state index is 11.8. The van der Waals surface area contributed by atoms with Gasteiger partial charge in [0.2, 0.25) is 0 Å². The lowest BCUT2D eigenvalue weighted by molar-refractivity contribution is 0.0910. The molecule has 1 aromatic carbocycles. The van der Waals surface area contributed by atoms with E-state index in [2.05, 4.69) is 5.32 Å². The lowest BCUT2D eigenvalue weighted by Crippen LogP contribution is -2.50. The van der Waals surface area contributed by atoms with Crippen molar-refractivity contribution in [2.45, 2.75) is 24.9 Å². The molecule has 1 saturated carbocycles. The summed E-state index contributed by atoms with van der Waals surface area (Å²) in [6.07, 6.45) is 1.63. The molecule has 0 aliphatic heterocycles. The minimum absolute atomic E-state index is 0.0366. The quantitative estimate of drug-likeness (QED) is 0.718. The highest BCUT2D eigenvalue weighted by molar-refractivity contribution is 5.95. The Morgan fingerprint density at radius 2 is 2.24 bits per heavy atom. The van der Waals surface area contributed by atoms with E-state index < -0.39 is 0 Å². The van der Waals surface area contributed by atoms with Gasteiger partial charge in [-0.05, 0) is 31.0 Å². The van der Waals surface area contributed by atoms with Gasteiger partial charge in [0.1, 0.15) is 0 Å². The highest BCUT2D eigenvalue weighted by Crippen LogP contribution is 2.26. The molecule has 1 aliphatic rings. The van der Waals surface area contributed by atoms with Gasteiger partial charge in [0.15, 0.2) is 11.5 Å². The third-order valence-corrected chi connectivity index (χ3v) is 2.95. The lowest BCUT2D eigenvalue weighted by atomic mass is 9.87. The number of nitrogens with one attached hydrogen (secondary N) is 1. The van der Waals surface area contributed by atoms with Crippen molar-refractivity contribution in [2.75, 3.05) is 7.11 Å². The zero-order valence-corrected chi connectivity index (χ0v) is 9.64. The van der Waals surface area contributed by atoms with Gasteiger partial charge in [0.05, 0.1) is 7.11 Å². The van der Waals surface area contributed by atoms with E-state index in [1.165, 1.54) is 13.2 Å². The van der Waals surface area contributed by atoms with Crippen LogP contribution < -0.4 is 15.8 Å². The number of carbonyl (C=O) groups is 1. The molecule has 0 atom stereocenters. The van der Waals surface area contributed by atoms with E-state index in [9.17, 15) is 9.90 Å². The first-order valence-electron chi connectivity index (χ1n) is 5.53. The second kappa shape index (κ2) is 4.63. The van der Waals surface area contributed by atoms with E-state index in [0.717, 1.165) is 12.8 Å². The summed E-state index contributed by atoms with van der Waals surface area (Å²) in [4.78, 5) is 11.8. The Morgan fingerprint density at radius 1 is 1.53 bits per heavy atom. The summed E-state index contributed by atoms with van der Waals surface area (Å²) in [6, 6.07) is 4.93. The first kappa shape index (κ1) is 11.7. The molecule has 0 bridgehead atoms. The van der Waals surface area contributed by atoms with Crippen LogP contribution >= 0.6 is 0 Å². The molecule has 2 rings (SSSR count). The van der Waals surface area contributed by atoms with Crippen molar-refractivity contribution in [2.24, 2.45) is 5.73 Å². The molecule has 0 spiro atoms. The summed E-state index contributed by atoms with van der Waals surface area (Å²) in [7, 11) is 1.46. The van der Waals surface area contributed by atoms with Crippen LogP contribution in [0.3, 0.4) is 0 Å². The van der Waals surface area contributed by atoms with Gasteiger partial charge < -0.3 is 20.9 Å². The Bertz CT molecular complexity index is 428. The normalized spacial score (nSPS) is 22.7. The maximum absolute atomic E-state index is 11.8. The Kier molecular flexibility index (Phi) is 3.19. The molecule has 1 fully saturated rings. The van der Waals surface area contributed by atoms with E-state index in [-0.39, 0.29) is 23.7 Å². The number of hydrogen-bond donors (Lipinski definition) is 3. The Balaban J connectivity index is 2.01. The summed E-state index contributed by atoms with van der Waals surface area (Å²) in [5.41, 5.74) is 6.06. The van der Waals surface area contributed by atoms with Crippen molar-refractivity contribution in [1.29, 1.82) is 0 Å². The molecule has 1 amide bonds. The third-order valence-electron chi connectivity index (χ3n) is 2.95. The van der Waals surface area contributed by atoms with Crippen molar-refractivity contribution >= 4 is 5.91 Å². The fraction of sp³-hybridized carbons (Fsp3) is 0.417. The molecule has 4 N–H and O–H groups in total. The van der Waals surface area contributed by atoms with Crippen LogP contribution in [0.15, 0.2) is 18.2 Å². The van der Waals surface area contributed by atoms with Crippen LogP contribution in [0.4, 0.5) is 0 Å². The van der Waals surface area contributed by atoms with E-state index in [4.69, 9.17) is 10.5 Å². The number of rotatable bonds is 3. The van der Waals surface area contributed by atoms with Crippen LogP contribution in [-0.2, 0) is 0 Å². The summed E-state index contributed by atoms with van der Waals surface area (Å²) in [5.74, 6) is 0.123. The predicted molar refractivity (Wildman–Crippen MR) is 63.1 cm³/mol. The van der Waals surface area contributed by atoms with Crippen molar-refractivity contribution < 1.29 is 14.6 Å². The average molecular weight is 236 g/mol. The van der Waals surface area contributed by atoms with Crippen molar-refractivity contribution in [3.05, 3.63) is 23.8 Å². The number of amides is 1. The standard InChI is InChI=1S/C12H16N2O3/c1-17-11-3-2-7(4-10(11)15)12(16)14-9-5-8(13)6-9/h2-4,8-9,15H,5-6,13H2,1H3,(H,14,16). The molecule has 0 heterocycles. The van der Waals surface area contributed by atoms with Crippen LogP contribution in [0.2, 0.25) is 0 Å². The summed E-state index contributed by atoms with van der Waals surface area (Å²) in [5, 5.41) is 12.4. The molecular formula is C12H16N2O3. The summed E-state index contributed by atoms with van der Waals surface area (Å²) < 4.78 is 4.91. The number of phenolic OH excluding ortho intramolecular Hbond substituents is 1. The summed E-state index contributed by atoms with van der Waals surface area (Å²) in [6.45, 7) is 0. The highest BCUT2D eigenvalue weighted by Gasteiger charge is 2.27. The molecule has 17 heavy (non-hydrogen) atoms. The molecule has 92 valence electrons. The van der Waals surface area contributed by atoms with E-state index in [1.807, 2.05) is 0 Å². The third kappa shape index (κ3) is 2.50. The fourth-order valence-corrected chi connectivity index (χ4v) is 1.88. The van der Waals surface area contributed by atoms with E-state index in [1.54, 1.807) is 12.1 Å². The van der Waals surface area contributed by atoms with E-state index in [0.29, 0.717) is 11.3 Å². The zero-order chi connectivity index (χ0) is 12.4. The van der Waals surface area contributed by atoms with Crippen molar-refractivity contribution in [3.63, 3.8) is 0 Å².